The quantitative estimate of drug-likeness (QED) is 0.753. The lowest BCUT2D eigenvalue weighted by Gasteiger charge is -2.31. The molecule has 25 heavy (non-hydrogen) atoms. The van der Waals surface area contributed by atoms with Gasteiger partial charge in [0, 0.05) is 17.2 Å². The van der Waals surface area contributed by atoms with Crippen molar-refractivity contribution in [2.45, 2.75) is 40.0 Å². The number of carboxylic acids is 1. The second-order valence-corrected chi connectivity index (χ2v) is 7.15. The van der Waals surface area contributed by atoms with Gasteiger partial charge in [0.1, 0.15) is 0 Å². The van der Waals surface area contributed by atoms with Crippen LogP contribution in [0.4, 0.5) is 0 Å². The molecule has 1 aliphatic rings. The molecule has 4 nitrogen and oxygen atoms in total. The standard InChI is InChI=1S/C20H25NO3S/c1-4-10-15-16(20(24)25-6-3)14(5-2)17(19(22)23)18(21-15)13-11-8-7-9-12-13/h7-9,11-12,14,21H,4-6,10H2,1-3H3,(H,22,23). The van der Waals surface area contributed by atoms with Crippen molar-refractivity contribution in [1.82, 2.24) is 5.32 Å². The van der Waals surface area contributed by atoms with Gasteiger partial charge in [-0.1, -0.05) is 69.3 Å². The summed E-state index contributed by atoms with van der Waals surface area (Å²) >= 11 is 1.25. The van der Waals surface area contributed by atoms with Crippen molar-refractivity contribution in [2.24, 2.45) is 5.92 Å². The summed E-state index contributed by atoms with van der Waals surface area (Å²) in [5, 5.41) is 13.2. The third-order valence-electron chi connectivity index (χ3n) is 4.26. The number of aliphatic carboxylic acids is 1. The van der Waals surface area contributed by atoms with Gasteiger partial charge in [-0.15, -0.1) is 0 Å². The van der Waals surface area contributed by atoms with Gasteiger partial charge in [0.05, 0.1) is 11.3 Å². The number of rotatable bonds is 7. The van der Waals surface area contributed by atoms with Crippen LogP contribution >= 0.6 is 11.8 Å². The molecule has 2 rings (SSSR count). The Hall–Kier alpha value is -2.01. The summed E-state index contributed by atoms with van der Waals surface area (Å²) in [7, 11) is 0. The minimum atomic E-state index is -0.972. The Bertz CT molecular complexity index is 707. The van der Waals surface area contributed by atoms with Gasteiger partial charge in [-0.05, 0) is 24.2 Å². The molecule has 1 heterocycles. The molecule has 1 unspecified atom stereocenters. The van der Waals surface area contributed by atoms with Crippen molar-refractivity contribution in [2.75, 3.05) is 5.75 Å². The summed E-state index contributed by atoms with van der Waals surface area (Å²) in [6.07, 6.45) is 2.19. The first-order valence-electron chi connectivity index (χ1n) is 8.75. The van der Waals surface area contributed by atoms with Gasteiger partial charge < -0.3 is 10.4 Å². The van der Waals surface area contributed by atoms with Crippen molar-refractivity contribution in [3.05, 3.63) is 52.7 Å². The van der Waals surface area contributed by atoms with E-state index < -0.39 is 5.97 Å². The highest BCUT2D eigenvalue weighted by atomic mass is 32.2. The molecule has 1 aromatic carbocycles. The van der Waals surface area contributed by atoms with E-state index in [4.69, 9.17) is 0 Å². The third-order valence-corrected chi connectivity index (χ3v) is 5.03. The van der Waals surface area contributed by atoms with E-state index in [9.17, 15) is 14.7 Å². The molecule has 2 N–H and O–H groups in total. The first-order chi connectivity index (χ1) is 12.0. The van der Waals surface area contributed by atoms with Crippen molar-refractivity contribution < 1.29 is 14.7 Å². The number of benzene rings is 1. The lowest BCUT2D eigenvalue weighted by Crippen LogP contribution is -2.32. The number of hydrogen-bond acceptors (Lipinski definition) is 4. The van der Waals surface area contributed by atoms with Crippen LogP contribution in [-0.4, -0.2) is 21.9 Å². The average molecular weight is 359 g/mol. The molecule has 0 fully saturated rings. The predicted octanol–water partition coefficient (Wildman–Crippen LogP) is 4.45. The number of hydrogen-bond donors (Lipinski definition) is 2. The largest absolute Gasteiger partial charge is 0.478 e. The van der Waals surface area contributed by atoms with E-state index in [1.165, 1.54) is 11.8 Å². The summed E-state index contributed by atoms with van der Waals surface area (Å²) in [5.41, 5.74) is 3.23. The monoisotopic (exact) mass is 359 g/mol. The maximum Gasteiger partial charge on any atom is 0.334 e. The molecule has 0 amide bonds. The Morgan fingerprint density at radius 2 is 1.80 bits per heavy atom. The highest BCUT2D eigenvalue weighted by molar-refractivity contribution is 8.14. The lowest BCUT2D eigenvalue weighted by atomic mass is 9.81. The fraction of sp³-hybridized carbons (Fsp3) is 0.400. The highest BCUT2D eigenvalue weighted by Crippen LogP contribution is 2.39. The second-order valence-electron chi connectivity index (χ2n) is 5.91. The van der Waals surface area contributed by atoms with Crippen LogP contribution in [0.3, 0.4) is 0 Å². The molecule has 0 saturated heterocycles. The number of carbonyl (C=O) groups excluding carboxylic acids is 1. The highest BCUT2D eigenvalue weighted by Gasteiger charge is 2.36. The van der Waals surface area contributed by atoms with Crippen LogP contribution in [0.1, 0.15) is 45.6 Å². The average Bonchev–Trinajstić information content (AvgIpc) is 2.61. The van der Waals surface area contributed by atoms with Crippen molar-refractivity contribution in [3.8, 4) is 0 Å². The van der Waals surface area contributed by atoms with Crippen LogP contribution in [0.2, 0.25) is 0 Å². The molecule has 1 aromatic rings. The summed E-state index contributed by atoms with van der Waals surface area (Å²) < 4.78 is 0. The molecule has 1 aliphatic heterocycles. The van der Waals surface area contributed by atoms with Crippen molar-refractivity contribution >= 4 is 28.5 Å². The Morgan fingerprint density at radius 1 is 1.12 bits per heavy atom. The second kappa shape index (κ2) is 8.90. The molecular weight excluding hydrogens is 334 g/mol. The molecular formula is C20H25NO3S. The maximum atomic E-state index is 12.7. The number of thioether (sulfide) groups is 1. The van der Waals surface area contributed by atoms with E-state index in [0.717, 1.165) is 24.1 Å². The lowest BCUT2D eigenvalue weighted by molar-refractivity contribution is -0.133. The van der Waals surface area contributed by atoms with Gasteiger partial charge >= 0.3 is 5.97 Å². The third kappa shape index (κ3) is 4.15. The molecule has 1 atom stereocenters. The first kappa shape index (κ1) is 19.3. The number of nitrogens with one attached hydrogen (secondary N) is 1. The topological polar surface area (TPSA) is 66.4 Å². The summed E-state index contributed by atoms with van der Waals surface area (Å²) in [6, 6.07) is 9.48. The fourth-order valence-electron chi connectivity index (χ4n) is 3.23. The molecule has 0 bridgehead atoms. The van der Waals surface area contributed by atoms with Crippen molar-refractivity contribution in [1.29, 1.82) is 0 Å². The molecule has 5 heteroatoms. The zero-order chi connectivity index (χ0) is 18.4. The molecule has 0 radical (unpaired) electrons. The maximum absolute atomic E-state index is 12.7. The first-order valence-corrected chi connectivity index (χ1v) is 9.73. The molecule has 0 aliphatic carbocycles. The van der Waals surface area contributed by atoms with E-state index in [-0.39, 0.29) is 16.6 Å². The van der Waals surface area contributed by atoms with Gasteiger partial charge in [-0.2, -0.15) is 0 Å². The van der Waals surface area contributed by atoms with Gasteiger partial charge in [-0.25, -0.2) is 4.79 Å². The molecule has 0 saturated carbocycles. The van der Waals surface area contributed by atoms with Gasteiger partial charge in [-0.3, -0.25) is 4.79 Å². The molecule has 134 valence electrons. The van der Waals surface area contributed by atoms with E-state index in [1.54, 1.807) is 0 Å². The van der Waals surface area contributed by atoms with Gasteiger partial charge in [0.2, 0.25) is 5.12 Å². The predicted molar refractivity (Wildman–Crippen MR) is 103 cm³/mol. The normalized spacial score (nSPS) is 17.5. The summed E-state index contributed by atoms with van der Waals surface area (Å²) in [6.45, 7) is 5.93. The van der Waals surface area contributed by atoms with Crippen LogP contribution in [0.5, 0.6) is 0 Å². The smallest absolute Gasteiger partial charge is 0.334 e. The number of allylic oxidation sites excluding steroid dienone is 1. The molecule has 0 aromatic heterocycles. The van der Waals surface area contributed by atoms with Gasteiger partial charge in [0.15, 0.2) is 0 Å². The number of carbonyl (C=O) groups is 2. The van der Waals surface area contributed by atoms with Crippen molar-refractivity contribution in [3.63, 3.8) is 0 Å². The molecule has 0 spiro atoms. The van der Waals surface area contributed by atoms with Crippen LogP contribution in [-0.2, 0) is 9.59 Å². The van der Waals surface area contributed by atoms with Crippen LogP contribution in [0.15, 0.2) is 47.2 Å². The zero-order valence-corrected chi connectivity index (χ0v) is 15.8. The Balaban J connectivity index is 2.63. The van der Waals surface area contributed by atoms with E-state index >= 15 is 0 Å². The van der Waals surface area contributed by atoms with Crippen LogP contribution in [0, 0.1) is 5.92 Å². The minimum absolute atomic E-state index is 0.0174. The van der Waals surface area contributed by atoms with E-state index in [1.807, 2.05) is 44.2 Å². The Labute approximate surface area is 153 Å². The Kier molecular flexibility index (Phi) is 6.88. The zero-order valence-electron chi connectivity index (χ0n) is 15.0. The van der Waals surface area contributed by atoms with E-state index in [0.29, 0.717) is 23.4 Å². The van der Waals surface area contributed by atoms with Crippen LogP contribution in [0.25, 0.3) is 5.70 Å². The summed E-state index contributed by atoms with van der Waals surface area (Å²) in [5.74, 6) is -0.682. The van der Waals surface area contributed by atoms with Gasteiger partial charge in [0.25, 0.3) is 0 Å². The Morgan fingerprint density at radius 3 is 2.32 bits per heavy atom. The fourth-order valence-corrected chi connectivity index (χ4v) is 3.92. The number of dihydropyridines is 1. The van der Waals surface area contributed by atoms with Crippen LogP contribution < -0.4 is 5.32 Å². The summed E-state index contributed by atoms with van der Waals surface area (Å²) in [4.78, 5) is 24.8. The number of carboxylic acid groups (broad SMARTS) is 1. The SMILES string of the molecule is CCCC1=C(C(=O)SCC)C(CC)C(C(=O)O)=C(c2ccccc2)N1. The minimum Gasteiger partial charge on any atom is -0.478 e. The van der Waals surface area contributed by atoms with E-state index in [2.05, 4.69) is 12.2 Å².